The molecular formula is C17H27NO3. The quantitative estimate of drug-likeness (QED) is 0.559. The Balaban J connectivity index is 2.22. The van der Waals surface area contributed by atoms with Crippen LogP contribution in [0.3, 0.4) is 0 Å². The molecular weight excluding hydrogens is 266 g/mol. The summed E-state index contributed by atoms with van der Waals surface area (Å²) in [7, 11) is 0. The van der Waals surface area contributed by atoms with E-state index >= 15 is 0 Å². The van der Waals surface area contributed by atoms with E-state index in [0.29, 0.717) is 19.6 Å². The zero-order valence-electron chi connectivity index (χ0n) is 13.4. The lowest BCUT2D eigenvalue weighted by atomic mass is 10.1. The average molecular weight is 293 g/mol. The second-order valence-electron chi connectivity index (χ2n) is 5.28. The van der Waals surface area contributed by atoms with Gasteiger partial charge >= 0.3 is 5.97 Å². The molecule has 0 bridgehead atoms. The molecule has 4 nitrogen and oxygen atoms in total. The molecule has 0 radical (unpaired) electrons. The van der Waals surface area contributed by atoms with E-state index in [1.807, 2.05) is 32.9 Å². The highest BCUT2D eigenvalue weighted by atomic mass is 16.5. The molecule has 21 heavy (non-hydrogen) atoms. The van der Waals surface area contributed by atoms with E-state index < -0.39 is 0 Å². The van der Waals surface area contributed by atoms with Crippen molar-refractivity contribution >= 4 is 5.97 Å². The Morgan fingerprint density at radius 2 is 2.05 bits per heavy atom. The van der Waals surface area contributed by atoms with Crippen molar-refractivity contribution in [2.24, 2.45) is 5.73 Å². The summed E-state index contributed by atoms with van der Waals surface area (Å²) in [5, 5.41) is 0. The number of aryl methyl sites for hydroxylation is 1. The number of benzene rings is 1. The van der Waals surface area contributed by atoms with Crippen LogP contribution in [0.15, 0.2) is 18.2 Å². The number of hydrogen-bond donors (Lipinski definition) is 1. The number of carbonyl (C=O) groups is 1. The molecule has 0 aliphatic heterocycles. The zero-order chi connectivity index (χ0) is 15.7. The number of rotatable bonds is 9. The smallest absolute Gasteiger partial charge is 0.305 e. The molecule has 118 valence electrons. The van der Waals surface area contributed by atoms with Gasteiger partial charge < -0.3 is 15.2 Å². The van der Waals surface area contributed by atoms with Crippen LogP contribution in [0, 0.1) is 6.92 Å². The van der Waals surface area contributed by atoms with Crippen molar-refractivity contribution in [3.8, 4) is 5.75 Å². The highest BCUT2D eigenvalue weighted by Crippen LogP contribution is 2.22. The van der Waals surface area contributed by atoms with Gasteiger partial charge in [-0.15, -0.1) is 0 Å². The van der Waals surface area contributed by atoms with Crippen LogP contribution in [0.1, 0.15) is 56.7 Å². The van der Waals surface area contributed by atoms with Crippen LogP contribution >= 0.6 is 0 Å². The summed E-state index contributed by atoms with van der Waals surface area (Å²) in [5.74, 6) is 0.797. The first-order chi connectivity index (χ1) is 10.0. The monoisotopic (exact) mass is 293 g/mol. The Hall–Kier alpha value is -1.55. The first-order valence-corrected chi connectivity index (χ1v) is 7.69. The van der Waals surface area contributed by atoms with Crippen molar-refractivity contribution in [2.45, 2.75) is 52.5 Å². The summed E-state index contributed by atoms with van der Waals surface area (Å²) in [6.45, 7) is 6.95. The van der Waals surface area contributed by atoms with Crippen LogP contribution in [0.4, 0.5) is 0 Å². The normalized spacial score (nSPS) is 12.0. The molecule has 0 aliphatic rings. The fraction of sp³-hybridized carbons (Fsp3) is 0.588. The van der Waals surface area contributed by atoms with Crippen molar-refractivity contribution in [3.05, 3.63) is 29.3 Å². The third-order valence-electron chi connectivity index (χ3n) is 3.31. The van der Waals surface area contributed by atoms with Gasteiger partial charge in [0.05, 0.1) is 13.2 Å². The Morgan fingerprint density at radius 3 is 2.67 bits per heavy atom. The van der Waals surface area contributed by atoms with Crippen molar-refractivity contribution < 1.29 is 14.3 Å². The van der Waals surface area contributed by atoms with Gasteiger partial charge in [-0.2, -0.15) is 0 Å². The summed E-state index contributed by atoms with van der Waals surface area (Å²) in [6.07, 6.45) is 3.25. The van der Waals surface area contributed by atoms with E-state index in [4.69, 9.17) is 15.2 Å². The Labute approximate surface area is 127 Å². The minimum absolute atomic E-state index is 0.0422. The molecule has 0 amide bonds. The average Bonchev–Trinajstić information content (AvgIpc) is 2.44. The third kappa shape index (κ3) is 6.63. The molecule has 0 spiro atoms. The molecule has 0 aliphatic carbocycles. The first kappa shape index (κ1) is 17.5. The van der Waals surface area contributed by atoms with E-state index in [1.165, 1.54) is 0 Å². The molecule has 0 heterocycles. The van der Waals surface area contributed by atoms with Gasteiger partial charge in [0.2, 0.25) is 0 Å². The summed E-state index contributed by atoms with van der Waals surface area (Å²) in [5.41, 5.74) is 8.08. The molecule has 0 fully saturated rings. The van der Waals surface area contributed by atoms with Gasteiger partial charge in [-0.25, -0.2) is 0 Å². The van der Waals surface area contributed by atoms with Gasteiger partial charge in [0.15, 0.2) is 0 Å². The molecule has 2 N–H and O–H groups in total. The number of unbranched alkanes of at least 4 members (excludes halogenated alkanes) is 2. The van der Waals surface area contributed by atoms with E-state index in [0.717, 1.165) is 36.1 Å². The number of hydrogen-bond acceptors (Lipinski definition) is 4. The molecule has 4 heteroatoms. The number of esters is 1. The zero-order valence-corrected chi connectivity index (χ0v) is 13.4. The maximum Gasteiger partial charge on any atom is 0.305 e. The van der Waals surface area contributed by atoms with Crippen LogP contribution in [0.2, 0.25) is 0 Å². The maximum absolute atomic E-state index is 11.2. The minimum Gasteiger partial charge on any atom is -0.493 e. The van der Waals surface area contributed by atoms with Gasteiger partial charge in [-0.3, -0.25) is 4.79 Å². The van der Waals surface area contributed by atoms with Crippen LogP contribution < -0.4 is 10.5 Å². The molecule has 0 aromatic heterocycles. The molecule has 0 saturated heterocycles. The van der Waals surface area contributed by atoms with Crippen LogP contribution in [-0.4, -0.2) is 19.2 Å². The van der Waals surface area contributed by atoms with Crippen molar-refractivity contribution in [2.75, 3.05) is 13.2 Å². The molecule has 1 aromatic rings. The van der Waals surface area contributed by atoms with E-state index in [9.17, 15) is 4.79 Å². The molecule has 0 unspecified atom stereocenters. The predicted molar refractivity (Wildman–Crippen MR) is 84.4 cm³/mol. The largest absolute Gasteiger partial charge is 0.493 e. The summed E-state index contributed by atoms with van der Waals surface area (Å²) in [4.78, 5) is 11.2. The number of carbonyl (C=O) groups excluding carboxylic acids is 1. The van der Waals surface area contributed by atoms with Gasteiger partial charge in [0, 0.05) is 12.5 Å². The molecule has 1 aromatic carbocycles. The molecule has 1 rings (SSSR count). The predicted octanol–water partition coefficient (Wildman–Crippen LogP) is 3.52. The van der Waals surface area contributed by atoms with Crippen LogP contribution in [0.5, 0.6) is 5.75 Å². The van der Waals surface area contributed by atoms with Gasteiger partial charge in [-0.05, 0) is 57.2 Å². The molecule has 0 saturated carbocycles. The Morgan fingerprint density at radius 1 is 1.29 bits per heavy atom. The fourth-order valence-corrected chi connectivity index (χ4v) is 2.08. The second kappa shape index (κ2) is 9.40. The Kier molecular flexibility index (Phi) is 7.83. The van der Waals surface area contributed by atoms with Crippen molar-refractivity contribution in [3.63, 3.8) is 0 Å². The van der Waals surface area contributed by atoms with Crippen molar-refractivity contribution in [1.82, 2.24) is 0 Å². The lowest BCUT2D eigenvalue weighted by molar-refractivity contribution is -0.143. The second-order valence-corrected chi connectivity index (χ2v) is 5.28. The summed E-state index contributed by atoms with van der Waals surface area (Å²) < 4.78 is 10.7. The van der Waals surface area contributed by atoms with E-state index in [-0.39, 0.29) is 12.0 Å². The highest BCUT2D eigenvalue weighted by Gasteiger charge is 2.05. The van der Waals surface area contributed by atoms with Crippen molar-refractivity contribution in [1.29, 1.82) is 0 Å². The lowest BCUT2D eigenvalue weighted by Gasteiger charge is -2.12. The first-order valence-electron chi connectivity index (χ1n) is 7.69. The molecule has 1 atom stereocenters. The fourth-order valence-electron chi connectivity index (χ4n) is 2.08. The lowest BCUT2D eigenvalue weighted by Crippen LogP contribution is -2.06. The Bertz CT molecular complexity index is 444. The summed E-state index contributed by atoms with van der Waals surface area (Å²) >= 11 is 0. The van der Waals surface area contributed by atoms with Gasteiger partial charge in [0.1, 0.15) is 5.75 Å². The maximum atomic E-state index is 11.2. The SMILES string of the molecule is CCOC(=O)CCCCCOc1ccc([C@@H](C)N)cc1C. The van der Waals surface area contributed by atoms with Gasteiger partial charge in [0.25, 0.3) is 0 Å². The van der Waals surface area contributed by atoms with Gasteiger partial charge in [-0.1, -0.05) is 12.1 Å². The third-order valence-corrected chi connectivity index (χ3v) is 3.31. The van der Waals surface area contributed by atoms with Crippen LogP contribution in [-0.2, 0) is 9.53 Å². The number of nitrogens with two attached hydrogens (primary N) is 1. The highest BCUT2D eigenvalue weighted by molar-refractivity contribution is 5.69. The topological polar surface area (TPSA) is 61.5 Å². The van der Waals surface area contributed by atoms with E-state index in [1.54, 1.807) is 0 Å². The van der Waals surface area contributed by atoms with E-state index in [2.05, 4.69) is 6.07 Å². The minimum atomic E-state index is -0.110. The summed E-state index contributed by atoms with van der Waals surface area (Å²) in [6, 6.07) is 6.10. The standard InChI is InChI=1S/C17H27NO3/c1-4-20-17(19)8-6-5-7-11-21-16-10-9-15(14(3)18)12-13(16)2/h9-10,12,14H,4-8,11,18H2,1-3H3/t14-/m1/s1. The number of ether oxygens (including phenoxy) is 2. The van der Waals surface area contributed by atoms with Crippen LogP contribution in [0.25, 0.3) is 0 Å².